The van der Waals surface area contributed by atoms with Crippen molar-refractivity contribution in [3.8, 4) is 11.5 Å². The van der Waals surface area contributed by atoms with E-state index in [0.29, 0.717) is 0 Å². The van der Waals surface area contributed by atoms with Crippen molar-refractivity contribution in [2.45, 2.75) is 24.6 Å². The molecule has 0 radical (unpaired) electrons. The highest BCUT2D eigenvalue weighted by molar-refractivity contribution is 6.22. The second kappa shape index (κ2) is 5.27. The molecule has 0 saturated carbocycles. The average molecular weight is 303 g/mol. The lowest BCUT2D eigenvalue weighted by molar-refractivity contribution is 0.291. The van der Waals surface area contributed by atoms with Crippen molar-refractivity contribution in [2.75, 3.05) is 13.7 Å². The van der Waals surface area contributed by atoms with E-state index in [9.17, 15) is 0 Å². The summed E-state index contributed by atoms with van der Waals surface area (Å²) in [6, 6.07) is 14.1. The first-order chi connectivity index (χ1) is 10.0. The summed E-state index contributed by atoms with van der Waals surface area (Å²) < 4.78 is 10.9. The van der Waals surface area contributed by atoms with Gasteiger partial charge in [-0.2, -0.15) is 0 Å². The summed E-state index contributed by atoms with van der Waals surface area (Å²) in [5.74, 6) is 1.81. The van der Waals surface area contributed by atoms with Crippen molar-refractivity contribution >= 4 is 11.6 Å². The van der Waals surface area contributed by atoms with Crippen molar-refractivity contribution in [1.82, 2.24) is 0 Å². The molecule has 0 spiro atoms. The van der Waals surface area contributed by atoms with Crippen LogP contribution in [0.4, 0.5) is 0 Å². The lowest BCUT2D eigenvalue weighted by Gasteiger charge is -2.17. The zero-order valence-electron chi connectivity index (χ0n) is 12.5. The second-order valence-electron chi connectivity index (χ2n) is 6.06. The first kappa shape index (κ1) is 14.3. The van der Waals surface area contributed by atoms with E-state index >= 15 is 0 Å². The molecule has 1 atom stereocenters. The van der Waals surface area contributed by atoms with Crippen LogP contribution in [0.3, 0.4) is 0 Å². The van der Waals surface area contributed by atoms with E-state index in [4.69, 9.17) is 21.1 Å². The second-order valence-corrected chi connectivity index (χ2v) is 6.50. The summed E-state index contributed by atoms with van der Waals surface area (Å²) in [6.07, 6.45) is 0. The summed E-state index contributed by atoms with van der Waals surface area (Å²) in [5.41, 5.74) is 3.44. The molecule has 1 unspecified atom stereocenters. The normalized spacial score (nSPS) is 17.0. The SMILES string of the molecule is COc1ccc(C(Cl)c2ccc3c(c2)C(C)(C)CO3)cc1. The highest BCUT2D eigenvalue weighted by Gasteiger charge is 2.32. The number of hydrogen-bond donors (Lipinski definition) is 0. The Morgan fingerprint density at radius 1 is 1.10 bits per heavy atom. The molecule has 0 aliphatic carbocycles. The monoisotopic (exact) mass is 302 g/mol. The number of halogens is 1. The largest absolute Gasteiger partial charge is 0.497 e. The number of ether oxygens (including phenoxy) is 2. The van der Waals surface area contributed by atoms with Crippen LogP contribution in [0.15, 0.2) is 42.5 Å². The van der Waals surface area contributed by atoms with Gasteiger partial charge in [0.05, 0.1) is 19.1 Å². The summed E-state index contributed by atoms with van der Waals surface area (Å²) in [6.45, 7) is 5.11. The maximum absolute atomic E-state index is 6.64. The average Bonchev–Trinajstić information content (AvgIpc) is 2.82. The molecule has 3 heteroatoms. The van der Waals surface area contributed by atoms with E-state index in [0.717, 1.165) is 29.2 Å². The Morgan fingerprint density at radius 3 is 2.43 bits per heavy atom. The Bertz CT molecular complexity index is 647. The highest BCUT2D eigenvalue weighted by Crippen LogP contribution is 2.41. The van der Waals surface area contributed by atoms with Crippen LogP contribution in [0, 0.1) is 0 Å². The van der Waals surface area contributed by atoms with Crippen LogP contribution in [0.1, 0.15) is 35.9 Å². The smallest absolute Gasteiger partial charge is 0.123 e. The zero-order valence-corrected chi connectivity index (χ0v) is 13.3. The van der Waals surface area contributed by atoms with Crippen LogP contribution < -0.4 is 9.47 Å². The number of rotatable bonds is 3. The molecule has 1 aliphatic heterocycles. The molecule has 1 aliphatic rings. The van der Waals surface area contributed by atoms with E-state index in [-0.39, 0.29) is 10.8 Å². The van der Waals surface area contributed by atoms with E-state index < -0.39 is 0 Å². The lowest BCUT2D eigenvalue weighted by Crippen LogP contribution is -2.18. The van der Waals surface area contributed by atoms with Crippen LogP contribution in [0.25, 0.3) is 0 Å². The van der Waals surface area contributed by atoms with Crippen LogP contribution >= 0.6 is 11.6 Å². The molecule has 2 nitrogen and oxygen atoms in total. The fourth-order valence-electron chi connectivity index (χ4n) is 2.66. The minimum absolute atomic E-state index is 0.0435. The highest BCUT2D eigenvalue weighted by atomic mass is 35.5. The third-order valence-electron chi connectivity index (χ3n) is 4.02. The fourth-order valence-corrected chi connectivity index (χ4v) is 2.94. The van der Waals surface area contributed by atoms with Gasteiger partial charge < -0.3 is 9.47 Å². The van der Waals surface area contributed by atoms with Crippen LogP contribution in [-0.2, 0) is 5.41 Å². The third kappa shape index (κ3) is 2.60. The first-order valence-electron chi connectivity index (χ1n) is 7.06. The lowest BCUT2D eigenvalue weighted by atomic mass is 9.85. The molecule has 0 fully saturated rings. The molecule has 0 saturated heterocycles. The number of hydrogen-bond acceptors (Lipinski definition) is 2. The van der Waals surface area contributed by atoms with E-state index in [1.165, 1.54) is 5.56 Å². The molecule has 3 rings (SSSR count). The Kier molecular flexibility index (Phi) is 3.58. The Morgan fingerprint density at radius 2 is 1.76 bits per heavy atom. The molecule has 0 N–H and O–H groups in total. The predicted octanol–water partition coefficient (Wildman–Crippen LogP) is 4.69. The number of alkyl halides is 1. The Labute approximate surface area is 130 Å². The van der Waals surface area contributed by atoms with Gasteiger partial charge in [-0.1, -0.05) is 32.0 Å². The van der Waals surface area contributed by atoms with Gasteiger partial charge in [0.1, 0.15) is 11.5 Å². The fraction of sp³-hybridized carbons (Fsp3) is 0.333. The van der Waals surface area contributed by atoms with E-state index in [1.807, 2.05) is 36.4 Å². The summed E-state index contributed by atoms with van der Waals surface area (Å²) in [5, 5.41) is -0.169. The van der Waals surface area contributed by atoms with Crippen molar-refractivity contribution in [3.05, 3.63) is 59.2 Å². The zero-order chi connectivity index (χ0) is 15.0. The molecule has 2 aromatic rings. The van der Waals surface area contributed by atoms with Crippen molar-refractivity contribution in [2.24, 2.45) is 0 Å². The van der Waals surface area contributed by atoms with Gasteiger partial charge in [-0.15, -0.1) is 11.6 Å². The standard InChI is InChI=1S/C18H19ClO2/c1-18(2)11-21-16-9-6-13(10-15(16)18)17(19)12-4-7-14(20-3)8-5-12/h4-10,17H,11H2,1-3H3. The summed E-state index contributed by atoms with van der Waals surface area (Å²) in [4.78, 5) is 0. The number of fused-ring (bicyclic) bond motifs is 1. The molecular weight excluding hydrogens is 284 g/mol. The molecular formula is C18H19ClO2. The van der Waals surface area contributed by atoms with E-state index in [2.05, 4.69) is 19.9 Å². The van der Waals surface area contributed by atoms with Gasteiger partial charge in [0.2, 0.25) is 0 Å². The molecule has 0 bridgehead atoms. The molecule has 1 heterocycles. The van der Waals surface area contributed by atoms with Gasteiger partial charge in [0.25, 0.3) is 0 Å². The topological polar surface area (TPSA) is 18.5 Å². The minimum Gasteiger partial charge on any atom is -0.497 e. The quantitative estimate of drug-likeness (QED) is 0.766. The Balaban J connectivity index is 1.93. The van der Waals surface area contributed by atoms with E-state index in [1.54, 1.807) is 7.11 Å². The minimum atomic E-state index is -0.169. The first-order valence-corrected chi connectivity index (χ1v) is 7.50. The summed E-state index contributed by atoms with van der Waals surface area (Å²) >= 11 is 6.64. The van der Waals surface area contributed by atoms with Gasteiger partial charge >= 0.3 is 0 Å². The van der Waals surface area contributed by atoms with Gasteiger partial charge in [0, 0.05) is 11.0 Å². The number of methoxy groups -OCH3 is 1. The van der Waals surface area contributed by atoms with Gasteiger partial charge in [-0.05, 0) is 35.4 Å². The Hall–Kier alpha value is -1.67. The predicted molar refractivity (Wildman–Crippen MR) is 85.7 cm³/mol. The van der Waals surface area contributed by atoms with Gasteiger partial charge in [0.15, 0.2) is 0 Å². The van der Waals surface area contributed by atoms with Crippen LogP contribution in [0.2, 0.25) is 0 Å². The maximum atomic E-state index is 6.64. The molecule has 0 amide bonds. The van der Waals surface area contributed by atoms with Gasteiger partial charge in [-0.25, -0.2) is 0 Å². The maximum Gasteiger partial charge on any atom is 0.123 e. The van der Waals surface area contributed by atoms with Crippen molar-refractivity contribution in [3.63, 3.8) is 0 Å². The molecule has 21 heavy (non-hydrogen) atoms. The number of benzene rings is 2. The van der Waals surface area contributed by atoms with Crippen LogP contribution in [-0.4, -0.2) is 13.7 Å². The van der Waals surface area contributed by atoms with Crippen molar-refractivity contribution in [1.29, 1.82) is 0 Å². The molecule has 2 aromatic carbocycles. The molecule has 110 valence electrons. The van der Waals surface area contributed by atoms with Crippen molar-refractivity contribution < 1.29 is 9.47 Å². The summed E-state index contributed by atoms with van der Waals surface area (Å²) in [7, 11) is 1.66. The van der Waals surface area contributed by atoms with Gasteiger partial charge in [-0.3, -0.25) is 0 Å². The van der Waals surface area contributed by atoms with Crippen LogP contribution in [0.5, 0.6) is 11.5 Å². The molecule has 0 aromatic heterocycles. The third-order valence-corrected chi connectivity index (χ3v) is 4.53.